The molecule has 5 nitrogen and oxygen atoms in total. The summed E-state index contributed by atoms with van der Waals surface area (Å²) in [6.07, 6.45) is 15.1. The van der Waals surface area contributed by atoms with Crippen LogP contribution in [-0.4, -0.2) is 36.1 Å². The second-order valence-electron chi connectivity index (χ2n) is 10.5. The molecular weight excluding hydrogens is 390 g/mol. The molecule has 3 saturated carbocycles. The fraction of sp³-hybridized carbons (Fsp3) is 0.769. The van der Waals surface area contributed by atoms with Crippen molar-refractivity contribution in [1.29, 1.82) is 0 Å². The Kier molecular flexibility index (Phi) is 6.62. The quantitative estimate of drug-likeness (QED) is 0.207. The average Bonchev–Trinajstić information content (AvgIpc) is 3.07. The topological polar surface area (TPSA) is 68.1 Å². The molecular formula is C26H39NO4. The van der Waals surface area contributed by atoms with Gasteiger partial charge in [-0.05, 0) is 81.5 Å². The number of fused-ring (bicyclic) bond motifs is 5. The van der Waals surface area contributed by atoms with Crippen molar-refractivity contribution in [3.05, 3.63) is 23.8 Å². The van der Waals surface area contributed by atoms with Gasteiger partial charge in [0.05, 0.1) is 18.4 Å². The minimum atomic E-state index is -0.303. The van der Waals surface area contributed by atoms with Crippen LogP contribution in [0.15, 0.2) is 29.0 Å². The summed E-state index contributed by atoms with van der Waals surface area (Å²) in [6, 6.07) is 0. The first-order chi connectivity index (χ1) is 14.9. The minimum absolute atomic E-state index is 0.140. The molecule has 0 aromatic rings. The Hall–Kier alpha value is -1.62. The third kappa shape index (κ3) is 4.22. The third-order valence-corrected chi connectivity index (χ3v) is 8.91. The summed E-state index contributed by atoms with van der Waals surface area (Å²) >= 11 is 0. The van der Waals surface area contributed by atoms with Crippen LogP contribution in [-0.2, 0) is 14.4 Å². The lowest BCUT2D eigenvalue weighted by Gasteiger charge is -2.57. The van der Waals surface area contributed by atoms with Gasteiger partial charge in [0.15, 0.2) is 0 Å². The van der Waals surface area contributed by atoms with Crippen LogP contribution in [0.1, 0.15) is 78.6 Å². The van der Waals surface area contributed by atoms with E-state index in [4.69, 9.17) is 9.57 Å². The SMILES string of the molecule is CCOC(=O)/C=C/CCO/N=C1\CC[C@H]2[C@@H]3CC=C4C[C@@H](O)CC[C@]4(C)[C@H]3CC[C@]12C. The maximum Gasteiger partial charge on any atom is 0.330 e. The van der Waals surface area contributed by atoms with Gasteiger partial charge in [-0.2, -0.15) is 0 Å². The van der Waals surface area contributed by atoms with Gasteiger partial charge < -0.3 is 14.7 Å². The molecule has 6 atom stereocenters. The molecule has 0 aliphatic heterocycles. The Bertz CT molecular complexity index is 771. The van der Waals surface area contributed by atoms with Crippen LogP contribution in [0.5, 0.6) is 0 Å². The van der Waals surface area contributed by atoms with Crippen LogP contribution >= 0.6 is 0 Å². The summed E-state index contributed by atoms with van der Waals surface area (Å²) in [7, 11) is 0. The number of carbonyl (C=O) groups is 1. The molecule has 1 N–H and O–H groups in total. The molecule has 0 heterocycles. The molecule has 0 bridgehead atoms. The molecule has 31 heavy (non-hydrogen) atoms. The van der Waals surface area contributed by atoms with Crippen molar-refractivity contribution in [2.75, 3.05) is 13.2 Å². The highest BCUT2D eigenvalue weighted by Gasteiger charge is 2.58. The lowest BCUT2D eigenvalue weighted by atomic mass is 9.48. The number of aliphatic hydroxyl groups excluding tert-OH is 1. The summed E-state index contributed by atoms with van der Waals surface area (Å²) in [5.74, 6) is 1.84. The van der Waals surface area contributed by atoms with Crippen LogP contribution in [0.2, 0.25) is 0 Å². The number of esters is 1. The smallest absolute Gasteiger partial charge is 0.330 e. The fourth-order valence-corrected chi connectivity index (χ4v) is 7.19. The number of nitrogens with zero attached hydrogens (tertiary/aromatic N) is 1. The van der Waals surface area contributed by atoms with Crippen molar-refractivity contribution in [2.24, 2.45) is 33.7 Å². The first kappa shape index (κ1) is 22.6. The average molecular weight is 430 g/mol. The maximum atomic E-state index is 11.3. The lowest BCUT2D eigenvalue weighted by Crippen LogP contribution is -2.50. The van der Waals surface area contributed by atoms with Crippen molar-refractivity contribution in [3.63, 3.8) is 0 Å². The highest BCUT2D eigenvalue weighted by Crippen LogP contribution is 2.64. The van der Waals surface area contributed by atoms with E-state index in [-0.39, 0.29) is 22.9 Å². The molecule has 0 aromatic carbocycles. The van der Waals surface area contributed by atoms with E-state index in [1.165, 1.54) is 36.6 Å². The molecule has 4 aliphatic rings. The van der Waals surface area contributed by atoms with Crippen molar-refractivity contribution in [2.45, 2.75) is 84.7 Å². The zero-order valence-electron chi connectivity index (χ0n) is 19.4. The fourth-order valence-electron chi connectivity index (χ4n) is 7.19. The molecule has 0 spiro atoms. The minimum Gasteiger partial charge on any atom is -0.463 e. The first-order valence-corrected chi connectivity index (χ1v) is 12.3. The number of allylic oxidation sites excluding steroid dienone is 1. The second-order valence-corrected chi connectivity index (χ2v) is 10.5. The number of oxime groups is 1. The van der Waals surface area contributed by atoms with E-state index in [1.807, 2.05) is 0 Å². The third-order valence-electron chi connectivity index (χ3n) is 8.91. The van der Waals surface area contributed by atoms with Gasteiger partial charge in [-0.25, -0.2) is 4.79 Å². The zero-order chi connectivity index (χ0) is 22.1. The summed E-state index contributed by atoms with van der Waals surface area (Å²) in [4.78, 5) is 17.0. The Labute approximate surface area is 186 Å². The molecule has 3 fully saturated rings. The van der Waals surface area contributed by atoms with Crippen LogP contribution in [0.4, 0.5) is 0 Å². The van der Waals surface area contributed by atoms with E-state index in [2.05, 4.69) is 25.1 Å². The molecule has 172 valence electrons. The summed E-state index contributed by atoms with van der Waals surface area (Å²) < 4.78 is 4.88. The Morgan fingerprint density at radius 1 is 1.23 bits per heavy atom. The number of hydrogen-bond acceptors (Lipinski definition) is 5. The molecule has 0 saturated heterocycles. The van der Waals surface area contributed by atoms with Gasteiger partial charge in [-0.1, -0.05) is 36.7 Å². The summed E-state index contributed by atoms with van der Waals surface area (Å²) in [5, 5.41) is 14.8. The zero-order valence-corrected chi connectivity index (χ0v) is 19.4. The van der Waals surface area contributed by atoms with Crippen molar-refractivity contribution >= 4 is 11.7 Å². The predicted octanol–water partition coefficient (Wildman–Crippen LogP) is 5.19. The largest absolute Gasteiger partial charge is 0.463 e. The van der Waals surface area contributed by atoms with Crippen molar-refractivity contribution in [1.82, 2.24) is 0 Å². The molecule has 0 radical (unpaired) electrons. The summed E-state index contributed by atoms with van der Waals surface area (Å²) in [6.45, 7) is 7.57. The van der Waals surface area contributed by atoms with Gasteiger partial charge in [-0.3, -0.25) is 0 Å². The van der Waals surface area contributed by atoms with Crippen LogP contribution in [0, 0.1) is 28.6 Å². The maximum absolute atomic E-state index is 11.3. The van der Waals surface area contributed by atoms with Gasteiger partial charge in [0, 0.05) is 17.9 Å². The highest BCUT2D eigenvalue weighted by atomic mass is 16.6. The van der Waals surface area contributed by atoms with E-state index in [0.717, 1.165) is 43.9 Å². The van der Waals surface area contributed by atoms with Gasteiger partial charge in [0.2, 0.25) is 0 Å². The molecule has 4 rings (SSSR count). The van der Waals surface area contributed by atoms with Crippen LogP contribution in [0.25, 0.3) is 0 Å². The second kappa shape index (κ2) is 9.09. The molecule has 0 amide bonds. The van der Waals surface area contributed by atoms with E-state index < -0.39 is 0 Å². The lowest BCUT2D eigenvalue weighted by molar-refractivity contribution is -0.137. The first-order valence-electron chi connectivity index (χ1n) is 12.3. The van der Waals surface area contributed by atoms with E-state index >= 15 is 0 Å². The Morgan fingerprint density at radius 2 is 2.00 bits per heavy atom. The monoisotopic (exact) mass is 429 g/mol. The number of rotatable bonds is 6. The van der Waals surface area contributed by atoms with Gasteiger partial charge in [0.25, 0.3) is 0 Å². The van der Waals surface area contributed by atoms with E-state index in [0.29, 0.717) is 25.6 Å². The molecule has 5 heteroatoms. The number of hydrogen-bond donors (Lipinski definition) is 1. The van der Waals surface area contributed by atoms with Crippen LogP contribution < -0.4 is 0 Å². The van der Waals surface area contributed by atoms with Gasteiger partial charge in [0.1, 0.15) is 6.61 Å². The molecule has 0 unspecified atom stereocenters. The summed E-state index contributed by atoms with van der Waals surface area (Å²) in [5.41, 5.74) is 3.20. The van der Waals surface area contributed by atoms with Crippen molar-refractivity contribution < 1.29 is 19.5 Å². The Morgan fingerprint density at radius 3 is 2.81 bits per heavy atom. The standard InChI is InChI=1S/C26H39NO4/c1-4-30-24(29)7-5-6-16-31-27-23-11-10-21-20-9-8-18-17-19(28)12-14-25(18,2)22(20)13-15-26(21,23)3/h5,7-8,19-22,28H,4,6,9-17H2,1-3H3/b7-5+,27-23+/t19-,20-,21-,22-,25-,26-/m0/s1. The van der Waals surface area contributed by atoms with Gasteiger partial charge >= 0.3 is 5.97 Å². The van der Waals surface area contributed by atoms with Crippen molar-refractivity contribution in [3.8, 4) is 0 Å². The van der Waals surface area contributed by atoms with Gasteiger partial charge in [-0.15, -0.1) is 0 Å². The van der Waals surface area contributed by atoms with E-state index in [9.17, 15) is 9.90 Å². The van der Waals surface area contributed by atoms with E-state index in [1.54, 1.807) is 13.0 Å². The molecule has 4 aliphatic carbocycles. The highest BCUT2D eigenvalue weighted by molar-refractivity contribution is 5.92. The molecule has 0 aromatic heterocycles. The Balaban J connectivity index is 1.38. The number of ether oxygens (including phenoxy) is 1. The normalized spacial score (nSPS) is 40.8. The number of carbonyl (C=O) groups excluding carboxylic acids is 1. The number of aliphatic hydroxyl groups is 1. The van der Waals surface area contributed by atoms with Crippen LogP contribution in [0.3, 0.4) is 0 Å². The predicted molar refractivity (Wildman–Crippen MR) is 121 cm³/mol.